The van der Waals surface area contributed by atoms with E-state index in [0.29, 0.717) is 17.3 Å². The third kappa shape index (κ3) is 4.62. The van der Waals surface area contributed by atoms with E-state index in [1.54, 1.807) is 18.0 Å². The molecule has 1 atom stereocenters. The molecule has 0 radical (unpaired) electrons. The van der Waals surface area contributed by atoms with Crippen molar-refractivity contribution in [1.29, 1.82) is 0 Å². The van der Waals surface area contributed by atoms with Gasteiger partial charge in [0.1, 0.15) is 0 Å². The van der Waals surface area contributed by atoms with E-state index in [0.717, 1.165) is 42.5 Å². The Morgan fingerprint density at radius 2 is 2.07 bits per heavy atom. The van der Waals surface area contributed by atoms with Gasteiger partial charge in [-0.15, -0.1) is 10.2 Å². The second-order valence-electron chi connectivity index (χ2n) is 6.68. The Bertz CT molecular complexity index is 825. The fourth-order valence-electron chi connectivity index (χ4n) is 3.01. The number of furan rings is 1. The van der Waals surface area contributed by atoms with Gasteiger partial charge in [-0.25, -0.2) is 0 Å². The third-order valence-corrected chi connectivity index (χ3v) is 5.46. The quantitative estimate of drug-likeness (QED) is 0.468. The number of nitrogens with zero attached hydrogens (tertiary/aromatic N) is 5. The van der Waals surface area contributed by atoms with E-state index in [1.165, 1.54) is 0 Å². The van der Waals surface area contributed by atoms with Crippen LogP contribution in [-0.2, 0) is 12.3 Å². The molecule has 3 aromatic rings. The Balaban J connectivity index is 1.75. The van der Waals surface area contributed by atoms with Crippen LogP contribution in [0.4, 0.5) is 0 Å². The lowest BCUT2D eigenvalue weighted by atomic mass is 10.2. The molecule has 8 heteroatoms. The molecule has 0 aliphatic carbocycles. The molecule has 0 amide bonds. The summed E-state index contributed by atoms with van der Waals surface area (Å²) >= 11 is 1.64. The van der Waals surface area contributed by atoms with E-state index in [4.69, 9.17) is 8.94 Å². The van der Waals surface area contributed by atoms with Crippen LogP contribution < -0.4 is 0 Å². The van der Waals surface area contributed by atoms with Crippen LogP contribution in [0.5, 0.6) is 0 Å². The summed E-state index contributed by atoms with van der Waals surface area (Å²) in [6, 6.07) is 5.87. The molecule has 0 fully saturated rings. The zero-order chi connectivity index (χ0) is 19.2. The molecule has 0 saturated carbocycles. The van der Waals surface area contributed by atoms with Crippen LogP contribution in [-0.4, -0.2) is 38.9 Å². The Morgan fingerprint density at radius 1 is 1.22 bits per heavy atom. The molecule has 3 heterocycles. The average Bonchev–Trinajstić information content (AvgIpc) is 3.39. The standard InChI is InChI=1S/C19H27N5O2S/c1-5-7-10-24-18(15(6-2)23(3)4)20-21-19(24)27-13-14-12-17(26-22-14)16-9-8-11-25-16/h8-9,11-12,15H,5-7,10,13H2,1-4H3/t15-/m0/s1. The second kappa shape index (κ2) is 9.23. The fraction of sp³-hybridized carbons (Fsp3) is 0.526. The predicted molar refractivity (Wildman–Crippen MR) is 105 cm³/mol. The molecular weight excluding hydrogens is 362 g/mol. The highest BCUT2D eigenvalue weighted by molar-refractivity contribution is 7.98. The van der Waals surface area contributed by atoms with Crippen molar-refractivity contribution in [2.24, 2.45) is 0 Å². The summed E-state index contributed by atoms with van der Waals surface area (Å²) in [7, 11) is 4.18. The summed E-state index contributed by atoms with van der Waals surface area (Å²) in [4.78, 5) is 2.20. The maximum absolute atomic E-state index is 5.38. The average molecular weight is 390 g/mol. The molecule has 3 aromatic heterocycles. The highest BCUT2D eigenvalue weighted by Crippen LogP contribution is 2.28. The predicted octanol–water partition coefficient (Wildman–Crippen LogP) is 4.63. The Morgan fingerprint density at radius 3 is 2.74 bits per heavy atom. The lowest BCUT2D eigenvalue weighted by Crippen LogP contribution is -2.23. The van der Waals surface area contributed by atoms with Crippen LogP contribution in [0.25, 0.3) is 11.5 Å². The first-order valence-electron chi connectivity index (χ1n) is 9.35. The summed E-state index contributed by atoms with van der Waals surface area (Å²) in [6.45, 7) is 5.31. The molecule has 7 nitrogen and oxygen atoms in total. The Hall–Kier alpha value is -2.06. The highest BCUT2D eigenvalue weighted by atomic mass is 32.2. The zero-order valence-electron chi connectivity index (χ0n) is 16.4. The van der Waals surface area contributed by atoms with E-state index in [9.17, 15) is 0 Å². The first-order valence-corrected chi connectivity index (χ1v) is 10.3. The van der Waals surface area contributed by atoms with E-state index in [-0.39, 0.29) is 6.04 Å². The first-order chi connectivity index (χ1) is 13.1. The number of aromatic nitrogens is 4. The minimum absolute atomic E-state index is 0.265. The van der Waals surface area contributed by atoms with Crippen molar-refractivity contribution in [2.75, 3.05) is 14.1 Å². The minimum Gasteiger partial charge on any atom is -0.461 e. The molecule has 0 unspecified atom stereocenters. The van der Waals surface area contributed by atoms with Gasteiger partial charge in [0.05, 0.1) is 18.0 Å². The molecule has 0 N–H and O–H groups in total. The number of hydrogen-bond acceptors (Lipinski definition) is 7. The normalized spacial score (nSPS) is 12.8. The van der Waals surface area contributed by atoms with Crippen LogP contribution in [0.15, 0.2) is 38.6 Å². The molecule has 0 spiro atoms. The van der Waals surface area contributed by atoms with Crippen molar-refractivity contribution in [2.45, 2.75) is 56.6 Å². The highest BCUT2D eigenvalue weighted by Gasteiger charge is 2.22. The second-order valence-corrected chi connectivity index (χ2v) is 7.62. The van der Waals surface area contributed by atoms with Gasteiger partial charge in [-0.3, -0.25) is 4.90 Å². The molecule has 0 aliphatic rings. The summed E-state index contributed by atoms with van der Waals surface area (Å²) in [5.41, 5.74) is 0.859. The minimum atomic E-state index is 0.265. The molecule has 3 rings (SSSR count). The van der Waals surface area contributed by atoms with Crippen molar-refractivity contribution in [1.82, 2.24) is 24.8 Å². The van der Waals surface area contributed by atoms with E-state index < -0.39 is 0 Å². The summed E-state index contributed by atoms with van der Waals surface area (Å²) in [5, 5.41) is 14.1. The molecule has 0 aliphatic heterocycles. The number of thioether (sulfide) groups is 1. The lowest BCUT2D eigenvalue weighted by molar-refractivity contribution is 0.270. The van der Waals surface area contributed by atoms with E-state index >= 15 is 0 Å². The van der Waals surface area contributed by atoms with E-state index in [1.807, 2.05) is 18.2 Å². The van der Waals surface area contributed by atoms with Gasteiger partial charge >= 0.3 is 0 Å². The molecule has 0 saturated heterocycles. The maximum atomic E-state index is 5.38. The molecule has 146 valence electrons. The molecular formula is C19H27N5O2S. The van der Waals surface area contributed by atoms with Gasteiger partial charge in [0, 0.05) is 18.4 Å². The molecule has 27 heavy (non-hydrogen) atoms. The smallest absolute Gasteiger partial charge is 0.202 e. The first kappa shape index (κ1) is 19.7. The van der Waals surface area contributed by atoms with E-state index in [2.05, 4.69) is 52.8 Å². The van der Waals surface area contributed by atoms with Crippen molar-refractivity contribution >= 4 is 11.8 Å². The van der Waals surface area contributed by atoms with Crippen molar-refractivity contribution in [3.05, 3.63) is 36.0 Å². The number of rotatable bonds is 10. The van der Waals surface area contributed by atoms with Crippen molar-refractivity contribution in [3.8, 4) is 11.5 Å². The van der Waals surface area contributed by atoms with Crippen LogP contribution >= 0.6 is 11.8 Å². The largest absolute Gasteiger partial charge is 0.461 e. The summed E-state index contributed by atoms with van der Waals surface area (Å²) in [6.07, 6.45) is 4.86. The third-order valence-electron chi connectivity index (χ3n) is 4.46. The van der Waals surface area contributed by atoms with Crippen LogP contribution in [0.2, 0.25) is 0 Å². The number of hydrogen-bond donors (Lipinski definition) is 0. The zero-order valence-corrected chi connectivity index (χ0v) is 17.2. The van der Waals surface area contributed by atoms with Crippen LogP contribution in [0, 0.1) is 0 Å². The van der Waals surface area contributed by atoms with Crippen LogP contribution in [0.1, 0.15) is 50.7 Å². The number of unbranched alkanes of at least 4 members (excludes halogenated alkanes) is 1. The van der Waals surface area contributed by atoms with Gasteiger partial charge in [0.15, 0.2) is 16.7 Å². The van der Waals surface area contributed by atoms with Gasteiger partial charge < -0.3 is 13.5 Å². The SMILES string of the molecule is CCCCn1c(SCc2cc(-c3ccco3)on2)nnc1[C@H](CC)N(C)C. The summed E-state index contributed by atoms with van der Waals surface area (Å²) < 4.78 is 13.0. The maximum Gasteiger partial charge on any atom is 0.202 e. The van der Waals surface area contributed by atoms with Gasteiger partial charge in [0.2, 0.25) is 5.76 Å². The lowest BCUT2D eigenvalue weighted by Gasteiger charge is -2.23. The van der Waals surface area contributed by atoms with Crippen LogP contribution in [0.3, 0.4) is 0 Å². The van der Waals surface area contributed by atoms with Crippen molar-refractivity contribution < 1.29 is 8.94 Å². The van der Waals surface area contributed by atoms with Gasteiger partial charge in [-0.2, -0.15) is 0 Å². The Kier molecular flexibility index (Phi) is 6.73. The van der Waals surface area contributed by atoms with Gasteiger partial charge in [0.25, 0.3) is 0 Å². The summed E-state index contributed by atoms with van der Waals surface area (Å²) in [5.74, 6) is 3.04. The van der Waals surface area contributed by atoms with Gasteiger partial charge in [-0.1, -0.05) is 37.2 Å². The monoisotopic (exact) mass is 389 g/mol. The molecule has 0 aromatic carbocycles. The topological polar surface area (TPSA) is 73.1 Å². The fourth-order valence-corrected chi connectivity index (χ4v) is 3.86. The Labute approximate surface area is 164 Å². The van der Waals surface area contributed by atoms with Crippen molar-refractivity contribution in [3.63, 3.8) is 0 Å². The van der Waals surface area contributed by atoms with Gasteiger partial charge in [-0.05, 0) is 39.1 Å². The molecule has 0 bridgehead atoms.